The van der Waals surface area contributed by atoms with Crippen molar-refractivity contribution < 1.29 is 17.9 Å². The molecule has 1 N–H and O–H groups in total. The zero-order valence-corrected chi connectivity index (χ0v) is 14.6. The number of hydrogen-bond donors (Lipinski definition) is 1. The zero-order chi connectivity index (χ0) is 17.0. The highest BCUT2D eigenvalue weighted by Crippen LogP contribution is 2.20. The molecule has 0 saturated carbocycles. The number of anilines is 1. The first-order valence-electron chi connectivity index (χ1n) is 7.19. The predicted octanol–water partition coefficient (Wildman–Crippen LogP) is 0.858. The molecular formula is C14H20ClN3O4S. The molecule has 1 heterocycles. The summed E-state index contributed by atoms with van der Waals surface area (Å²) in [5.74, 6) is -0.617. The molecular weight excluding hydrogens is 342 g/mol. The third-order valence-electron chi connectivity index (χ3n) is 3.65. The van der Waals surface area contributed by atoms with Gasteiger partial charge in [-0.1, -0.05) is 11.6 Å². The minimum Gasteiger partial charge on any atom is -0.468 e. The van der Waals surface area contributed by atoms with E-state index >= 15 is 0 Å². The van der Waals surface area contributed by atoms with Gasteiger partial charge in [-0.2, -0.15) is 17.4 Å². The van der Waals surface area contributed by atoms with E-state index in [2.05, 4.69) is 14.4 Å². The van der Waals surface area contributed by atoms with Gasteiger partial charge < -0.3 is 9.64 Å². The first-order valence-corrected chi connectivity index (χ1v) is 9.01. The summed E-state index contributed by atoms with van der Waals surface area (Å²) >= 11 is 5.87. The van der Waals surface area contributed by atoms with Crippen LogP contribution in [0.4, 0.5) is 5.69 Å². The Balaban J connectivity index is 1.95. The van der Waals surface area contributed by atoms with Crippen LogP contribution >= 0.6 is 11.6 Å². The predicted molar refractivity (Wildman–Crippen MR) is 88.8 cm³/mol. The third kappa shape index (κ3) is 4.57. The van der Waals surface area contributed by atoms with Crippen LogP contribution in [0.3, 0.4) is 0 Å². The smallest absolute Gasteiger partial charge is 0.323 e. The van der Waals surface area contributed by atoms with Crippen LogP contribution in [0.2, 0.25) is 5.02 Å². The number of esters is 1. The Hall–Kier alpha value is -1.35. The van der Waals surface area contributed by atoms with Gasteiger partial charge in [0.1, 0.15) is 6.04 Å². The molecule has 9 heteroatoms. The van der Waals surface area contributed by atoms with E-state index in [1.165, 1.54) is 18.3 Å². The maximum Gasteiger partial charge on any atom is 0.323 e. The Morgan fingerprint density at radius 1 is 1.22 bits per heavy atom. The van der Waals surface area contributed by atoms with Gasteiger partial charge in [0.25, 0.3) is 10.2 Å². The SMILES string of the molecule is COC(=O)C(C)NS(=O)(=O)N1CCN(c2ccc(Cl)cc2)CC1. The number of halogens is 1. The number of carbonyl (C=O) groups excluding carboxylic acids is 1. The number of nitrogens with one attached hydrogen (secondary N) is 1. The fourth-order valence-electron chi connectivity index (χ4n) is 2.36. The van der Waals surface area contributed by atoms with Gasteiger partial charge >= 0.3 is 5.97 Å². The number of hydrogen-bond acceptors (Lipinski definition) is 5. The van der Waals surface area contributed by atoms with Crippen LogP contribution in [0.5, 0.6) is 0 Å². The summed E-state index contributed by atoms with van der Waals surface area (Å²) in [6.45, 7) is 3.26. The fraction of sp³-hybridized carbons (Fsp3) is 0.500. The summed E-state index contributed by atoms with van der Waals surface area (Å²) < 4.78 is 32.7. The minimum atomic E-state index is -3.72. The van der Waals surface area contributed by atoms with E-state index < -0.39 is 22.2 Å². The summed E-state index contributed by atoms with van der Waals surface area (Å²) in [5, 5.41) is 0.663. The summed E-state index contributed by atoms with van der Waals surface area (Å²) in [6.07, 6.45) is 0. The molecule has 128 valence electrons. The molecule has 7 nitrogen and oxygen atoms in total. The lowest BCUT2D eigenvalue weighted by molar-refractivity contribution is -0.142. The molecule has 1 aromatic carbocycles. The number of nitrogens with zero attached hydrogens (tertiary/aromatic N) is 2. The van der Waals surface area contributed by atoms with Crippen molar-refractivity contribution in [1.82, 2.24) is 9.03 Å². The highest BCUT2D eigenvalue weighted by molar-refractivity contribution is 7.87. The lowest BCUT2D eigenvalue weighted by atomic mass is 10.2. The minimum absolute atomic E-state index is 0.339. The van der Waals surface area contributed by atoms with Crippen molar-refractivity contribution in [2.24, 2.45) is 0 Å². The zero-order valence-electron chi connectivity index (χ0n) is 13.0. The number of methoxy groups -OCH3 is 1. The van der Waals surface area contributed by atoms with E-state index in [0.29, 0.717) is 31.2 Å². The maximum absolute atomic E-state index is 12.3. The number of ether oxygens (including phenoxy) is 1. The average molecular weight is 362 g/mol. The first-order chi connectivity index (χ1) is 10.8. The highest BCUT2D eigenvalue weighted by atomic mass is 35.5. The van der Waals surface area contributed by atoms with Crippen molar-refractivity contribution in [3.63, 3.8) is 0 Å². The van der Waals surface area contributed by atoms with Crippen LogP contribution in [-0.2, 0) is 19.7 Å². The summed E-state index contributed by atoms with van der Waals surface area (Å²) in [7, 11) is -2.50. The third-order valence-corrected chi connectivity index (χ3v) is 5.60. The molecule has 0 radical (unpaired) electrons. The molecule has 1 aliphatic heterocycles. The number of rotatable bonds is 5. The number of piperazine rings is 1. The van der Waals surface area contributed by atoms with Crippen LogP contribution in [0, 0.1) is 0 Å². The molecule has 1 aromatic rings. The summed E-state index contributed by atoms with van der Waals surface area (Å²) in [6, 6.07) is 6.51. The Morgan fingerprint density at radius 2 is 1.78 bits per heavy atom. The summed E-state index contributed by atoms with van der Waals surface area (Å²) in [5.41, 5.74) is 1.00. The molecule has 0 bridgehead atoms. The molecule has 0 amide bonds. The lowest BCUT2D eigenvalue weighted by Gasteiger charge is -2.35. The van der Waals surface area contributed by atoms with E-state index in [1.54, 1.807) is 12.1 Å². The molecule has 1 fully saturated rings. The van der Waals surface area contributed by atoms with E-state index in [-0.39, 0.29) is 0 Å². The molecule has 23 heavy (non-hydrogen) atoms. The molecule has 1 aliphatic rings. The monoisotopic (exact) mass is 361 g/mol. The Bertz CT molecular complexity index is 642. The molecule has 2 rings (SSSR count). The van der Waals surface area contributed by atoms with Gasteiger partial charge in [-0.25, -0.2) is 0 Å². The molecule has 1 atom stereocenters. The van der Waals surface area contributed by atoms with Gasteiger partial charge in [0.2, 0.25) is 0 Å². The molecule has 1 saturated heterocycles. The Labute approximate surface area is 141 Å². The van der Waals surface area contributed by atoms with Gasteiger partial charge in [0.15, 0.2) is 0 Å². The fourth-order valence-corrected chi connectivity index (χ4v) is 3.82. The standard InChI is InChI=1S/C14H20ClN3O4S/c1-11(14(19)22-2)16-23(20,21)18-9-7-17(8-10-18)13-5-3-12(15)4-6-13/h3-6,11,16H,7-10H2,1-2H3. The van der Waals surface area contributed by atoms with Gasteiger partial charge in [0, 0.05) is 36.9 Å². The Morgan fingerprint density at radius 3 is 2.30 bits per heavy atom. The van der Waals surface area contributed by atoms with Crippen LogP contribution < -0.4 is 9.62 Å². The lowest BCUT2D eigenvalue weighted by Crippen LogP contribution is -2.54. The van der Waals surface area contributed by atoms with Crippen molar-refractivity contribution in [3.8, 4) is 0 Å². The van der Waals surface area contributed by atoms with Gasteiger partial charge in [0.05, 0.1) is 7.11 Å². The quantitative estimate of drug-likeness (QED) is 0.787. The van der Waals surface area contributed by atoms with Crippen LogP contribution in [0.25, 0.3) is 0 Å². The number of carbonyl (C=O) groups is 1. The molecule has 0 spiro atoms. The van der Waals surface area contributed by atoms with Crippen molar-refractivity contribution in [1.29, 1.82) is 0 Å². The first kappa shape index (κ1) is 18.0. The van der Waals surface area contributed by atoms with Crippen molar-refractivity contribution in [2.45, 2.75) is 13.0 Å². The van der Waals surface area contributed by atoms with E-state index in [1.807, 2.05) is 12.1 Å². The highest BCUT2D eigenvalue weighted by Gasteiger charge is 2.30. The largest absolute Gasteiger partial charge is 0.468 e. The number of benzene rings is 1. The van der Waals surface area contributed by atoms with Gasteiger partial charge in [-0.15, -0.1) is 0 Å². The second kappa shape index (κ2) is 7.48. The van der Waals surface area contributed by atoms with Crippen LogP contribution in [0.1, 0.15) is 6.92 Å². The topological polar surface area (TPSA) is 78.9 Å². The van der Waals surface area contributed by atoms with E-state index in [4.69, 9.17) is 11.6 Å². The van der Waals surface area contributed by atoms with E-state index in [0.717, 1.165) is 5.69 Å². The van der Waals surface area contributed by atoms with Crippen LogP contribution in [0.15, 0.2) is 24.3 Å². The maximum atomic E-state index is 12.3. The molecule has 0 aromatic heterocycles. The van der Waals surface area contributed by atoms with E-state index in [9.17, 15) is 13.2 Å². The Kier molecular flexibility index (Phi) is 5.85. The normalized spacial score (nSPS) is 17.8. The molecule has 1 unspecified atom stereocenters. The average Bonchev–Trinajstić information content (AvgIpc) is 2.54. The van der Waals surface area contributed by atoms with Crippen LogP contribution in [-0.4, -0.2) is 58.0 Å². The second-order valence-electron chi connectivity index (χ2n) is 5.23. The van der Waals surface area contributed by atoms with Crippen molar-refractivity contribution in [2.75, 3.05) is 38.2 Å². The van der Waals surface area contributed by atoms with Crippen molar-refractivity contribution >= 4 is 33.5 Å². The van der Waals surface area contributed by atoms with Gasteiger partial charge in [-0.3, -0.25) is 4.79 Å². The second-order valence-corrected chi connectivity index (χ2v) is 7.37. The van der Waals surface area contributed by atoms with Gasteiger partial charge in [-0.05, 0) is 31.2 Å². The van der Waals surface area contributed by atoms with Crippen molar-refractivity contribution in [3.05, 3.63) is 29.3 Å². The molecule has 0 aliphatic carbocycles. The summed E-state index contributed by atoms with van der Waals surface area (Å²) in [4.78, 5) is 13.4.